The summed E-state index contributed by atoms with van der Waals surface area (Å²) in [4.78, 5) is 2.52. The van der Waals surface area contributed by atoms with Gasteiger partial charge in [-0.05, 0) is 32.2 Å². The van der Waals surface area contributed by atoms with E-state index in [0.717, 1.165) is 26.1 Å². The minimum absolute atomic E-state index is 0.249. The van der Waals surface area contributed by atoms with Crippen molar-refractivity contribution in [2.45, 2.75) is 51.7 Å². The van der Waals surface area contributed by atoms with Gasteiger partial charge in [-0.25, -0.2) is 0 Å². The third-order valence-corrected chi connectivity index (χ3v) is 4.42. The van der Waals surface area contributed by atoms with Gasteiger partial charge in [-0.1, -0.05) is 19.0 Å². The SMILES string of the molecule is CC(C)(CCN1CCOC2CCCC21)C(N)=NO. The topological polar surface area (TPSA) is 71.1 Å². The molecule has 1 saturated heterocycles. The molecule has 18 heavy (non-hydrogen) atoms. The first-order chi connectivity index (χ1) is 8.54. The van der Waals surface area contributed by atoms with Crippen LogP contribution in [0.3, 0.4) is 0 Å². The number of nitrogens with zero attached hydrogens (tertiary/aromatic N) is 2. The van der Waals surface area contributed by atoms with Gasteiger partial charge in [0.15, 0.2) is 0 Å². The van der Waals surface area contributed by atoms with Crippen LogP contribution in [0.25, 0.3) is 0 Å². The van der Waals surface area contributed by atoms with E-state index < -0.39 is 0 Å². The maximum Gasteiger partial charge on any atom is 0.144 e. The molecule has 0 aromatic carbocycles. The fourth-order valence-electron chi connectivity index (χ4n) is 2.97. The predicted octanol–water partition coefficient (Wildman–Crippen LogP) is 1.40. The summed E-state index contributed by atoms with van der Waals surface area (Å²) in [6.07, 6.45) is 5.06. The Balaban J connectivity index is 1.89. The molecule has 1 aliphatic carbocycles. The van der Waals surface area contributed by atoms with Crippen molar-refractivity contribution >= 4 is 5.84 Å². The molecule has 1 saturated carbocycles. The summed E-state index contributed by atoms with van der Waals surface area (Å²) < 4.78 is 5.80. The molecule has 0 aromatic rings. The average molecular weight is 255 g/mol. The van der Waals surface area contributed by atoms with Gasteiger partial charge in [-0.3, -0.25) is 4.90 Å². The van der Waals surface area contributed by atoms with E-state index >= 15 is 0 Å². The first kappa shape index (κ1) is 13.6. The van der Waals surface area contributed by atoms with E-state index in [-0.39, 0.29) is 5.41 Å². The van der Waals surface area contributed by atoms with E-state index in [4.69, 9.17) is 15.7 Å². The largest absolute Gasteiger partial charge is 0.409 e. The molecule has 2 rings (SSSR count). The van der Waals surface area contributed by atoms with E-state index in [9.17, 15) is 0 Å². The van der Waals surface area contributed by atoms with Crippen molar-refractivity contribution in [2.75, 3.05) is 19.7 Å². The minimum Gasteiger partial charge on any atom is -0.409 e. The zero-order chi connectivity index (χ0) is 13.2. The number of nitrogens with two attached hydrogens (primary N) is 1. The number of hydrogen-bond donors (Lipinski definition) is 2. The lowest BCUT2D eigenvalue weighted by atomic mass is 9.87. The standard InChI is InChI=1S/C13H25N3O2/c1-13(2,12(14)15-17)6-7-16-8-9-18-11-5-3-4-10(11)16/h10-11,17H,3-9H2,1-2H3,(H2,14,15). The Hall–Kier alpha value is -0.810. The Bertz CT molecular complexity index is 317. The van der Waals surface area contributed by atoms with Crippen molar-refractivity contribution in [2.24, 2.45) is 16.3 Å². The Morgan fingerprint density at radius 2 is 2.28 bits per heavy atom. The molecule has 2 unspecified atom stereocenters. The lowest BCUT2D eigenvalue weighted by Crippen LogP contribution is -2.49. The van der Waals surface area contributed by atoms with E-state index in [0.29, 0.717) is 18.0 Å². The zero-order valence-corrected chi connectivity index (χ0v) is 11.4. The van der Waals surface area contributed by atoms with Crippen LogP contribution in [0, 0.1) is 5.41 Å². The second kappa shape index (κ2) is 5.45. The van der Waals surface area contributed by atoms with Crippen molar-refractivity contribution < 1.29 is 9.94 Å². The van der Waals surface area contributed by atoms with Gasteiger partial charge in [0.1, 0.15) is 5.84 Å². The smallest absolute Gasteiger partial charge is 0.144 e. The summed E-state index contributed by atoms with van der Waals surface area (Å²) in [7, 11) is 0. The van der Waals surface area contributed by atoms with Crippen LogP contribution in [0.2, 0.25) is 0 Å². The Labute approximate surface area is 109 Å². The third kappa shape index (κ3) is 2.78. The normalized spacial score (nSPS) is 30.4. The van der Waals surface area contributed by atoms with Gasteiger partial charge in [0.2, 0.25) is 0 Å². The number of hydrogen-bond acceptors (Lipinski definition) is 4. The lowest BCUT2D eigenvalue weighted by Gasteiger charge is -2.39. The van der Waals surface area contributed by atoms with E-state index in [1.165, 1.54) is 19.3 Å². The Morgan fingerprint density at radius 1 is 1.50 bits per heavy atom. The van der Waals surface area contributed by atoms with Gasteiger partial charge >= 0.3 is 0 Å². The molecule has 5 heteroatoms. The summed E-state index contributed by atoms with van der Waals surface area (Å²) in [5, 5.41) is 11.9. The summed E-state index contributed by atoms with van der Waals surface area (Å²) in [6.45, 7) is 6.88. The number of morpholine rings is 1. The van der Waals surface area contributed by atoms with Crippen LogP contribution in [-0.2, 0) is 4.74 Å². The summed E-state index contributed by atoms with van der Waals surface area (Å²) in [5.74, 6) is 0.318. The number of amidine groups is 1. The van der Waals surface area contributed by atoms with Crippen LogP contribution in [0.4, 0.5) is 0 Å². The number of fused-ring (bicyclic) bond motifs is 1. The van der Waals surface area contributed by atoms with Gasteiger partial charge in [0.05, 0.1) is 12.7 Å². The third-order valence-electron chi connectivity index (χ3n) is 4.42. The molecular weight excluding hydrogens is 230 g/mol. The Morgan fingerprint density at radius 3 is 3.00 bits per heavy atom. The van der Waals surface area contributed by atoms with E-state index in [1.807, 2.05) is 13.8 Å². The highest BCUT2D eigenvalue weighted by Crippen LogP contribution is 2.31. The van der Waals surface area contributed by atoms with Gasteiger partial charge in [-0.15, -0.1) is 0 Å². The van der Waals surface area contributed by atoms with Gasteiger partial charge in [-0.2, -0.15) is 0 Å². The minimum atomic E-state index is -0.249. The zero-order valence-electron chi connectivity index (χ0n) is 11.4. The summed E-state index contributed by atoms with van der Waals surface area (Å²) >= 11 is 0. The van der Waals surface area contributed by atoms with Crippen molar-refractivity contribution in [3.05, 3.63) is 0 Å². The molecular formula is C13H25N3O2. The van der Waals surface area contributed by atoms with Crippen LogP contribution in [-0.4, -0.2) is 47.8 Å². The maximum absolute atomic E-state index is 8.79. The highest BCUT2D eigenvalue weighted by atomic mass is 16.5. The predicted molar refractivity (Wildman–Crippen MR) is 70.8 cm³/mol. The van der Waals surface area contributed by atoms with Crippen molar-refractivity contribution in [1.82, 2.24) is 4.90 Å². The fraction of sp³-hybridized carbons (Fsp3) is 0.923. The number of rotatable bonds is 4. The summed E-state index contributed by atoms with van der Waals surface area (Å²) in [6, 6.07) is 0.585. The molecule has 0 amide bonds. The van der Waals surface area contributed by atoms with E-state index in [2.05, 4.69) is 10.1 Å². The summed E-state index contributed by atoms with van der Waals surface area (Å²) in [5.41, 5.74) is 5.48. The van der Waals surface area contributed by atoms with Gasteiger partial charge in [0, 0.05) is 18.0 Å². The lowest BCUT2D eigenvalue weighted by molar-refractivity contribution is -0.0572. The van der Waals surface area contributed by atoms with E-state index in [1.54, 1.807) is 0 Å². The van der Waals surface area contributed by atoms with Crippen LogP contribution < -0.4 is 5.73 Å². The first-order valence-electron chi connectivity index (χ1n) is 6.88. The molecule has 2 aliphatic rings. The molecule has 0 spiro atoms. The fourth-order valence-corrected chi connectivity index (χ4v) is 2.97. The van der Waals surface area contributed by atoms with Crippen molar-refractivity contribution in [3.63, 3.8) is 0 Å². The average Bonchev–Trinajstić information content (AvgIpc) is 2.84. The molecule has 5 nitrogen and oxygen atoms in total. The van der Waals surface area contributed by atoms with Gasteiger partial charge < -0.3 is 15.7 Å². The van der Waals surface area contributed by atoms with Crippen LogP contribution in [0.15, 0.2) is 5.16 Å². The maximum atomic E-state index is 8.79. The molecule has 0 radical (unpaired) electrons. The van der Waals surface area contributed by atoms with Crippen LogP contribution in [0.1, 0.15) is 39.5 Å². The number of oxime groups is 1. The molecule has 1 heterocycles. The van der Waals surface area contributed by atoms with Crippen molar-refractivity contribution in [3.8, 4) is 0 Å². The molecule has 2 fully saturated rings. The highest BCUT2D eigenvalue weighted by molar-refractivity contribution is 5.85. The monoisotopic (exact) mass is 255 g/mol. The van der Waals surface area contributed by atoms with Gasteiger partial charge in [0.25, 0.3) is 0 Å². The molecule has 104 valence electrons. The number of ether oxygens (including phenoxy) is 1. The molecule has 2 atom stereocenters. The molecule has 0 bridgehead atoms. The molecule has 3 N–H and O–H groups in total. The van der Waals surface area contributed by atoms with Crippen LogP contribution >= 0.6 is 0 Å². The first-order valence-corrected chi connectivity index (χ1v) is 6.88. The quantitative estimate of drug-likeness (QED) is 0.345. The molecule has 1 aliphatic heterocycles. The highest BCUT2D eigenvalue weighted by Gasteiger charge is 2.36. The Kier molecular flexibility index (Phi) is 4.12. The second-order valence-electron chi connectivity index (χ2n) is 6.06. The van der Waals surface area contributed by atoms with Crippen molar-refractivity contribution in [1.29, 1.82) is 0 Å². The van der Waals surface area contributed by atoms with Crippen LogP contribution in [0.5, 0.6) is 0 Å². The second-order valence-corrected chi connectivity index (χ2v) is 6.06. The molecule has 0 aromatic heterocycles.